The topological polar surface area (TPSA) is 74.2 Å². The SMILES string of the molecule is CCC(NC(=O)NCC(O)C(CC)CC)c1nc(C)cs1. The van der Waals surface area contributed by atoms with Crippen LogP contribution in [0.3, 0.4) is 0 Å². The van der Waals surface area contributed by atoms with Crippen LogP contribution in [0.25, 0.3) is 0 Å². The Kier molecular flexibility index (Phi) is 7.67. The average molecular weight is 313 g/mol. The molecule has 0 aliphatic carbocycles. The number of carbonyl (C=O) groups is 1. The number of aliphatic hydroxyl groups is 1. The molecule has 0 aromatic carbocycles. The zero-order valence-corrected chi connectivity index (χ0v) is 14.2. The van der Waals surface area contributed by atoms with E-state index in [2.05, 4.69) is 29.5 Å². The first-order valence-electron chi connectivity index (χ1n) is 7.66. The first-order valence-corrected chi connectivity index (χ1v) is 8.54. The fraction of sp³-hybridized carbons (Fsp3) is 0.733. The Morgan fingerprint density at radius 3 is 2.48 bits per heavy atom. The molecule has 0 radical (unpaired) electrons. The largest absolute Gasteiger partial charge is 0.391 e. The monoisotopic (exact) mass is 313 g/mol. The van der Waals surface area contributed by atoms with E-state index in [1.54, 1.807) is 11.3 Å². The van der Waals surface area contributed by atoms with Gasteiger partial charge in [0.05, 0.1) is 12.1 Å². The smallest absolute Gasteiger partial charge is 0.315 e. The second kappa shape index (κ2) is 9.00. The van der Waals surface area contributed by atoms with Crippen LogP contribution in [0.15, 0.2) is 5.38 Å². The number of nitrogens with one attached hydrogen (secondary N) is 2. The Hall–Kier alpha value is -1.14. The van der Waals surface area contributed by atoms with Gasteiger partial charge >= 0.3 is 6.03 Å². The summed E-state index contributed by atoms with van der Waals surface area (Å²) in [5.41, 5.74) is 0.972. The third kappa shape index (κ3) is 5.63. The van der Waals surface area contributed by atoms with Crippen molar-refractivity contribution in [3.8, 4) is 0 Å². The molecule has 120 valence electrons. The number of hydrogen-bond acceptors (Lipinski definition) is 4. The zero-order valence-electron chi connectivity index (χ0n) is 13.3. The third-order valence-corrected chi connectivity index (χ3v) is 4.79. The summed E-state index contributed by atoms with van der Waals surface area (Å²) in [7, 11) is 0. The summed E-state index contributed by atoms with van der Waals surface area (Å²) in [4.78, 5) is 16.4. The highest BCUT2D eigenvalue weighted by atomic mass is 32.1. The number of amides is 2. The van der Waals surface area contributed by atoms with Crippen molar-refractivity contribution in [2.45, 2.75) is 59.1 Å². The summed E-state index contributed by atoms with van der Waals surface area (Å²) in [6, 6.07) is -0.325. The number of carbonyl (C=O) groups excluding carboxylic acids is 1. The molecule has 0 aliphatic heterocycles. The molecule has 5 nitrogen and oxygen atoms in total. The highest BCUT2D eigenvalue weighted by Gasteiger charge is 2.18. The van der Waals surface area contributed by atoms with E-state index >= 15 is 0 Å². The standard InChI is InChI=1S/C15H27N3O2S/c1-5-11(6-2)13(19)8-16-15(20)18-12(7-3)14-17-10(4)9-21-14/h9,11-13,19H,5-8H2,1-4H3,(H2,16,18,20). The summed E-state index contributed by atoms with van der Waals surface area (Å²) in [5, 5.41) is 18.6. The minimum absolute atomic E-state index is 0.0750. The maximum absolute atomic E-state index is 11.9. The Bertz CT molecular complexity index is 432. The maximum atomic E-state index is 11.9. The Labute approximate surface area is 131 Å². The van der Waals surface area contributed by atoms with Crippen LogP contribution >= 0.6 is 11.3 Å². The van der Waals surface area contributed by atoms with Crippen molar-refractivity contribution in [2.75, 3.05) is 6.54 Å². The van der Waals surface area contributed by atoms with Crippen LogP contribution < -0.4 is 10.6 Å². The lowest BCUT2D eigenvalue weighted by Gasteiger charge is -2.21. The minimum atomic E-state index is -0.493. The molecule has 21 heavy (non-hydrogen) atoms. The molecule has 0 bridgehead atoms. The van der Waals surface area contributed by atoms with E-state index in [1.807, 2.05) is 19.2 Å². The van der Waals surface area contributed by atoms with Gasteiger partial charge in [0.1, 0.15) is 5.01 Å². The summed E-state index contributed by atoms with van der Waals surface area (Å²) in [5.74, 6) is 0.230. The first-order chi connectivity index (χ1) is 10.0. The van der Waals surface area contributed by atoms with Gasteiger partial charge in [-0.1, -0.05) is 33.6 Å². The third-order valence-electron chi connectivity index (χ3n) is 3.71. The molecule has 2 amide bonds. The van der Waals surface area contributed by atoms with Crippen molar-refractivity contribution in [3.63, 3.8) is 0 Å². The number of thiazole rings is 1. The predicted octanol–water partition coefficient (Wildman–Crippen LogP) is 3.00. The molecule has 0 fully saturated rings. The van der Waals surface area contributed by atoms with Gasteiger partial charge in [0.2, 0.25) is 0 Å². The summed E-state index contributed by atoms with van der Waals surface area (Å²) in [6.07, 6.45) is 2.12. The quantitative estimate of drug-likeness (QED) is 0.690. The number of nitrogens with zero attached hydrogens (tertiary/aromatic N) is 1. The van der Waals surface area contributed by atoms with Gasteiger partial charge in [0, 0.05) is 17.6 Å². The molecule has 1 heterocycles. The molecule has 2 atom stereocenters. The normalized spacial score (nSPS) is 14.0. The van der Waals surface area contributed by atoms with Gasteiger partial charge in [-0.25, -0.2) is 9.78 Å². The van der Waals surface area contributed by atoms with Gasteiger partial charge in [-0.15, -0.1) is 11.3 Å². The number of aryl methyl sites for hydroxylation is 1. The fourth-order valence-electron chi connectivity index (χ4n) is 2.28. The Morgan fingerprint density at radius 1 is 1.33 bits per heavy atom. The lowest BCUT2D eigenvalue weighted by molar-refractivity contribution is 0.103. The van der Waals surface area contributed by atoms with E-state index in [9.17, 15) is 9.90 Å². The van der Waals surface area contributed by atoms with Gasteiger partial charge in [-0.2, -0.15) is 0 Å². The molecular weight excluding hydrogens is 286 g/mol. The molecule has 1 aromatic heterocycles. The van der Waals surface area contributed by atoms with E-state index < -0.39 is 6.10 Å². The first kappa shape index (κ1) is 17.9. The van der Waals surface area contributed by atoms with Crippen LogP contribution in [0, 0.1) is 12.8 Å². The van der Waals surface area contributed by atoms with E-state index in [0.29, 0.717) is 0 Å². The molecule has 0 aliphatic rings. The number of hydrogen-bond donors (Lipinski definition) is 3. The van der Waals surface area contributed by atoms with Crippen LogP contribution in [-0.4, -0.2) is 28.8 Å². The van der Waals surface area contributed by atoms with Crippen LogP contribution in [0.1, 0.15) is 56.8 Å². The average Bonchev–Trinajstić information content (AvgIpc) is 2.90. The van der Waals surface area contributed by atoms with Gasteiger partial charge < -0.3 is 15.7 Å². The molecule has 6 heteroatoms. The van der Waals surface area contributed by atoms with Crippen molar-refractivity contribution in [1.29, 1.82) is 0 Å². The number of aromatic nitrogens is 1. The van der Waals surface area contributed by atoms with Gasteiger partial charge in [0.25, 0.3) is 0 Å². The number of urea groups is 1. The summed E-state index contributed by atoms with van der Waals surface area (Å²) < 4.78 is 0. The van der Waals surface area contributed by atoms with Crippen molar-refractivity contribution in [2.24, 2.45) is 5.92 Å². The van der Waals surface area contributed by atoms with Crippen LogP contribution in [0.5, 0.6) is 0 Å². The molecule has 2 unspecified atom stereocenters. The lowest BCUT2D eigenvalue weighted by atomic mass is 9.97. The van der Waals surface area contributed by atoms with Crippen LogP contribution in [0.2, 0.25) is 0 Å². The molecule has 1 aromatic rings. The Morgan fingerprint density at radius 2 is 2.00 bits per heavy atom. The molecule has 0 spiro atoms. The summed E-state index contributed by atoms with van der Waals surface area (Å²) in [6.45, 7) is 8.34. The molecule has 0 saturated heterocycles. The highest BCUT2D eigenvalue weighted by Crippen LogP contribution is 2.20. The maximum Gasteiger partial charge on any atom is 0.315 e. The van der Waals surface area contributed by atoms with Gasteiger partial charge in [0.15, 0.2) is 0 Å². The fourth-order valence-corrected chi connectivity index (χ4v) is 3.21. The number of aliphatic hydroxyl groups excluding tert-OH is 1. The van der Waals surface area contributed by atoms with Gasteiger partial charge in [-0.3, -0.25) is 0 Å². The predicted molar refractivity (Wildman–Crippen MR) is 86.5 cm³/mol. The highest BCUT2D eigenvalue weighted by molar-refractivity contribution is 7.09. The second-order valence-corrected chi connectivity index (χ2v) is 6.18. The van der Waals surface area contributed by atoms with Crippen molar-refractivity contribution < 1.29 is 9.90 Å². The van der Waals surface area contributed by atoms with E-state index in [0.717, 1.165) is 30.0 Å². The van der Waals surface area contributed by atoms with E-state index in [-0.39, 0.29) is 24.5 Å². The molecule has 1 rings (SSSR count). The molecule has 3 N–H and O–H groups in total. The van der Waals surface area contributed by atoms with Crippen molar-refractivity contribution >= 4 is 17.4 Å². The molecule has 0 saturated carbocycles. The molecular formula is C15H27N3O2S. The number of rotatable bonds is 8. The Balaban J connectivity index is 2.45. The van der Waals surface area contributed by atoms with Crippen LogP contribution in [0.4, 0.5) is 4.79 Å². The summed E-state index contributed by atoms with van der Waals surface area (Å²) >= 11 is 1.56. The zero-order chi connectivity index (χ0) is 15.8. The lowest BCUT2D eigenvalue weighted by Crippen LogP contribution is -2.42. The van der Waals surface area contributed by atoms with Gasteiger partial charge in [-0.05, 0) is 19.3 Å². The van der Waals surface area contributed by atoms with Crippen LogP contribution in [-0.2, 0) is 0 Å². The van der Waals surface area contributed by atoms with Crippen molar-refractivity contribution in [1.82, 2.24) is 15.6 Å². The minimum Gasteiger partial charge on any atom is -0.391 e. The van der Waals surface area contributed by atoms with E-state index in [1.165, 1.54) is 0 Å². The van der Waals surface area contributed by atoms with Crippen molar-refractivity contribution in [3.05, 3.63) is 16.1 Å². The van der Waals surface area contributed by atoms with E-state index in [4.69, 9.17) is 0 Å². The second-order valence-electron chi connectivity index (χ2n) is 5.29.